The van der Waals surface area contributed by atoms with Crippen molar-refractivity contribution in [3.05, 3.63) is 18.2 Å². The third-order valence-electron chi connectivity index (χ3n) is 4.19. The van der Waals surface area contributed by atoms with E-state index >= 15 is 0 Å². The Labute approximate surface area is 109 Å². The molecule has 0 radical (unpaired) electrons. The fourth-order valence-corrected chi connectivity index (χ4v) is 2.97. The normalized spacial score (nSPS) is 28.7. The molecule has 0 spiro atoms. The lowest BCUT2D eigenvalue weighted by atomic mass is 10.00. The number of aromatic nitrogens is 2. The van der Waals surface area contributed by atoms with Crippen LogP contribution in [0.4, 0.5) is 0 Å². The van der Waals surface area contributed by atoms with E-state index in [1.165, 1.54) is 32.1 Å². The molecular formula is C14H24N4. The summed E-state index contributed by atoms with van der Waals surface area (Å²) in [6.45, 7) is 5.55. The quantitative estimate of drug-likeness (QED) is 0.885. The van der Waals surface area contributed by atoms with Gasteiger partial charge in [-0.2, -0.15) is 0 Å². The van der Waals surface area contributed by atoms with Crippen LogP contribution in [-0.2, 0) is 6.54 Å². The minimum atomic E-state index is 0.618. The van der Waals surface area contributed by atoms with Gasteiger partial charge in [0, 0.05) is 24.7 Å². The largest absolute Gasteiger partial charge is 0.308 e. The van der Waals surface area contributed by atoms with Crippen LogP contribution in [-0.4, -0.2) is 27.8 Å². The van der Waals surface area contributed by atoms with E-state index < -0.39 is 0 Å². The van der Waals surface area contributed by atoms with Crippen LogP contribution in [0.3, 0.4) is 0 Å². The summed E-state index contributed by atoms with van der Waals surface area (Å²) in [5.41, 5.74) is 1.16. The molecule has 4 heteroatoms. The number of nitrogens with one attached hydrogen (secondary N) is 1. The molecule has 1 aromatic rings. The molecule has 1 N–H and O–H groups in total. The van der Waals surface area contributed by atoms with E-state index in [2.05, 4.69) is 40.0 Å². The average molecular weight is 248 g/mol. The summed E-state index contributed by atoms with van der Waals surface area (Å²) in [4.78, 5) is 4.52. The predicted octanol–water partition coefficient (Wildman–Crippen LogP) is 2.03. The molecule has 1 saturated carbocycles. The van der Waals surface area contributed by atoms with Gasteiger partial charge in [0.15, 0.2) is 0 Å². The molecule has 1 aromatic heterocycles. The van der Waals surface area contributed by atoms with Crippen molar-refractivity contribution in [2.75, 3.05) is 5.01 Å². The molecule has 0 aromatic carbocycles. The van der Waals surface area contributed by atoms with Gasteiger partial charge in [0.2, 0.25) is 0 Å². The first-order valence-corrected chi connectivity index (χ1v) is 7.29. The van der Waals surface area contributed by atoms with E-state index in [0.29, 0.717) is 12.1 Å². The summed E-state index contributed by atoms with van der Waals surface area (Å²) in [5, 5.41) is 5.99. The number of hydrogen-bond acceptors (Lipinski definition) is 3. The van der Waals surface area contributed by atoms with Gasteiger partial charge in [0.05, 0.1) is 11.9 Å². The zero-order valence-corrected chi connectivity index (χ0v) is 11.5. The predicted molar refractivity (Wildman–Crippen MR) is 73.1 cm³/mol. The summed E-state index contributed by atoms with van der Waals surface area (Å²) >= 11 is 0. The number of piperidine rings is 1. The Balaban J connectivity index is 1.66. The summed E-state index contributed by atoms with van der Waals surface area (Å²) < 4.78 is 2.21. The van der Waals surface area contributed by atoms with E-state index in [1.54, 1.807) is 0 Å². The standard InChI is InChI=1S/C14H24N4/c1-11-4-3-5-12(2)18(11)17-9-14(16-10-17)8-15-13-6-7-13/h9-13,15H,3-8H2,1-2H3. The van der Waals surface area contributed by atoms with Crippen LogP contribution in [0, 0.1) is 0 Å². The van der Waals surface area contributed by atoms with Gasteiger partial charge >= 0.3 is 0 Å². The van der Waals surface area contributed by atoms with Crippen LogP contribution in [0.2, 0.25) is 0 Å². The van der Waals surface area contributed by atoms with Gasteiger partial charge in [0.25, 0.3) is 0 Å². The molecule has 0 bridgehead atoms. The lowest BCUT2D eigenvalue weighted by Gasteiger charge is -2.40. The van der Waals surface area contributed by atoms with Crippen molar-refractivity contribution >= 4 is 0 Å². The summed E-state index contributed by atoms with van der Waals surface area (Å²) in [7, 11) is 0. The molecule has 100 valence electrons. The second kappa shape index (κ2) is 4.92. The highest BCUT2D eigenvalue weighted by atomic mass is 15.6. The highest BCUT2D eigenvalue weighted by Gasteiger charge is 2.25. The van der Waals surface area contributed by atoms with E-state index in [-0.39, 0.29) is 0 Å². The van der Waals surface area contributed by atoms with Crippen molar-refractivity contribution < 1.29 is 0 Å². The Kier molecular flexibility index (Phi) is 3.29. The zero-order chi connectivity index (χ0) is 12.5. The molecule has 2 heterocycles. The minimum absolute atomic E-state index is 0.618. The Bertz CT molecular complexity index is 386. The van der Waals surface area contributed by atoms with Crippen molar-refractivity contribution in [3.63, 3.8) is 0 Å². The van der Waals surface area contributed by atoms with Crippen molar-refractivity contribution in [2.24, 2.45) is 0 Å². The minimum Gasteiger partial charge on any atom is -0.308 e. The van der Waals surface area contributed by atoms with Crippen molar-refractivity contribution in [1.82, 2.24) is 15.0 Å². The molecule has 1 saturated heterocycles. The molecule has 2 unspecified atom stereocenters. The lowest BCUT2D eigenvalue weighted by Crippen LogP contribution is -2.50. The topological polar surface area (TPSA) is 33.1 Å². The van der Waals surface area contributed by atoms with Gasteiger partial charge in [-0.3, -0.25) is 4.68 Å². The van der Waals surface area contributed by atoms with E-state index in [9.17, 15) is 0 Å². The Hall–Kier alpha value is -1.03. The van der Waals surface area contributed by atoms with Crippen LogP contribution in [0.25, 0.3) is 0 Å². The molecule has 3 rings (SSSR count). The summed E-state index contributed by atoms with van der Waals surface area (Å²) in [6, 6.07) is 1.99. The first-order chi connectivity index (χ1) is 8.74. The van der Waals surface area contributed by atoms with Gasteiger partial charge in [-0.25, -0.2) is 4.98 Å². The second-order valence-corrected chi connectivity index (χ2v) is 5.91. The zero-order valence-electron chi connectivity index (χ0n) is 11.5. The molecular weight excluding hydrogens is 224 g/mol. The van der Waals surface area contributed by atoms with Crippen LogP contribution in [0.15, 0.2) is 12.5 Å². The van der Waals surface area contributed by atoms with Crippen LogP contribution >= 0.6 is 0 Å². The number of hydrogen-bond donors (Lipinski definition) is 1. The van der Waals surface area contributed by atoms with Crippen molar-refractivity contribution in [1.29, 1.82) is 0 Å². The average Bonchev–Trinajstić information content (AvgIpc) is 3.06. The molecule has 2 fully saturated rings. The van der Waals surface area contributed by atoms with Crippen LogP contribution in [0.1, 0.15) is 51.6 Å². The second-order valence-electron chi connectivity index (χ2n) is 5.91. The molecule has 2 aliphatic rings. The Morgan fingerprint density at radius 2 is 1.94 bits per heavy atom. The van der Waals surface area contributed by atoms with Gasteiger partial charge < -0.3 is 10.3 Å². The molecule has 4 nitrogen and oxygen atoms in total. The maximum Gasteiger partial charge on any atom is 0.114 e. The smallest absolute Gasteiger partial charge is 0.114 e. The Morgan fingerprint density at radius 3 is 2.61 bits per heavy atom. The fraction of sp³-hybridized carbons (Fsp3) is 0.786. The van der Waals surface area contributed by atoms with E-state index in [0.717, 1.165) is 18.3 Å². The van der Waals surface area contributed by atoms with Gasteiger partial charge in [-0.15, -0.1) is 0 Å². The monoisotopic (exact) mass is 248 g/mol. The SMILES string of the molecule is CC1CCCC(C)N1n1cnc(CNC2CC2)c1. The van der Waals surface area contributed by atoms with Gasteiger partial charge in [-0.1, -0.05) is 0 Å². The van der Waals surface area contributed by atoms with Crippen LogP contribution in [0.5, 0.6) is 0 Å². The molecule has 2 atom stereocenters. The third-order valence-corrected chi connectivity index (χ3v) is 4.19. The lowest BCUT2D eigenvalue weighted by molar-refractivity contribution is 0.336. The van der Waals surface area contributed by atoms with Gasteiger partial charge in [-0.05, 0) is 46.0 Å². The number of rotatable bonds is 4. The van der Waals surface area contributed by atoms with E-state index in [4.69, 9.17) is 0 Å². The highest BCUT2D eigenvalue weighted by Crippen LogP contribution is 2.22. The highest BCUT2D eigenvalue weighted by molar-refractivity contribution is 5.06. The molecule has 0 amide bonds. The number of imidazole rings is 1. The molecule has 1 aliphatic heterocycles. The molecule has 18 heavy (non-hydrogen) atoms. The van der Waals surface area contributed by atoms with Crippen molar-refractivity contribution in [2.45, 2.75) is 70.6 Å². The third kappa shape index (κ3) is 2.53. The Morgan fingerprint density at radius 1 is 1.22 bits per heavy atom. The first kappa shape index (κ1) is 12.0. The van der Waals surface area contributed by atoms with Gasteiger partial charge in [0.1, 0.15) is 6.33 Å². The maximum atomic E-state index is 4.52. The van der Waals surface area contributed by atoms with E-state index in [1.807, 2.05) is 6.33 Å². The summed E-state index contributed by atoms with van der Waals surface area (Å²) in [6.07, 6.45) is 10.8. The van der Waals surface area contributed by atoms with Crippen molar-refractivity contribution in [3.8, 4) is 0 Å². The summed E-state index contributed by atoms with van der Waals surface area (Å²) in [5.74, 6) is 0. The fourth-order valence-electron chi connectivity index (χ4n) is 2.97. The number of nitrogens with zero attached hydrogens (tertiary/aromatic N) is 3. The first-order valence-electron chi connectivity index (χ1n) is 7.29. The van der Waals surface area contributed by atoms with Crippen LogP contribution < -0.4 is 10.3 Å². The molecule has 1 aliphatic carbocycles. The maximum absolute atomic E-state index is 4.52.